The van der Waals surface area contributed by atoms with Crippen LogP contribution in [0.5, 0.6) is 0 Å². The van der Waals surface area contributed by atoms with E-state index in [1.54, 1.807) is 31.2 Å². The van der Waals surface area contributed by atoms with Crippen molar-refractivity contribution >= 4 is 29.1 Å². The molecule has 1 aliphatic rings. The summed E-state index contributed by atoms with van der Waals surface area (Å²) < 4.78 is 0. The van der Waals surface area contributed by atoms with Gasteiger partial charge in [0, 0.05) is 24.3 Å². The van der Waals surface area contributed by atoms with E-state index in [0.29, 0.717) is 24.6 Å². The molecule has 1 fully saturated rings. The van der Waals surface area contributed by atoms with Gasteiger partial charge in [0.2, 0.25) is 11.8 Å². The molecule has 1 heterocycles. The second kappa shape index (κ2) is 7.26. The number of hydrogen-bond donors (Lipinski definition) is 2. The quantitative estimate of drug-likeness (QED) is 0.789. The fraction of sp³-hybridized carbons (Fsp3) is 0.471. The van der Waals surface area contributed by atoms with Crippen LogP contribution in [-0.4, -0.2) is 35.2 Å². The van der Waals surface area contributed by atoms with Crippen LogP contribution in [0, 0.1) is 5.92 Å². The molecule has 2 N–H and O–H groups in total. The summed E-state index contributed by atoms with van der Waals surface area (Å²) >= 11 is 0. The van der Waals surface area contributed by atoms with Crippen LogP contribution in [0.1, 0.15) is 33.6 Å². The first-order valence-corrected chi connectivity index (χ1v) is 7.91. The number of likely N-dealkylation sites (tertiary alicyclic amines) is 1. The number of nitrogens with zero attached hydrogens (tertiary/aromatic N) is 1. The standard InChI is InChI=1S/C17H23N3O3/c1-4-20-16(22)10-14(17(20)23)18-12-5-7-13(8-6-12)19-15(21)9-11(2)3/h5-8,11,14,18H,4,9-10H2,1-3H3,(H,19,21). The Bertz CT molecular complexity index is 596. The van der Waals surface area contributed by atoms with Crippen molar-refractivity contribution in [3.8, 4) is 0 Å². The Morgan fingerprint density at radius 3 is 2.35 bits per heavy atom. The van der Waals surface area contributed by atoms with E-state index in [9.17, 15) is 14.4 Å². The van der Waals surface area contributed by atoms with Crippen LogP contribution in [0.2, 0.25) is 0 Å². The lowest BCUT2D eigenvalue weighted by Crippen LogP contribution is -2.34. The minimum Gasteiger partial charge on any atom is -0.373 e. The van der Waals surface area contributed by atoms with Crippen molar-refractivity contribution in [2.75, 3.05) is 17.2 Å². The Balaban J connectivity index is 1.94. The van der Waals surface area contributed by atoms with Crippen LogP contribution in [0.3, 0.4) is 0 Å². The molecular weight excluding hydrogens is 294 g/mol. The van der Waals surface area contributed by atoms with E-state index in [0.717, 1.165) is 5.69 Å². The molecule has 0 aliphatic carbocycles. The molecule has 1 unspecified atom stereocenters. The van der Waals surface area contributed by atoms with Crippen LogP contribution < -0.4 is 10.6 Å². The van der Waals surface area contributed by atoms with Crippen molar-refractivity contribution in [1.82, 2.24) is 4.90 Å². The van der Waals surface area contributed by atoms with Crippen LogP contribution in [0.15, 0.2) is 24.3 Å². The largest absolute Gasteiger partial charge is 0.373 e. The van der Waals surface area contributed by atoms with Gasteiger partial charge in [0.25, 0.3) is 5.91 Å². The lowest BCUT2D eigenvalue weighted by Gasteiger charge is -2.14. The number of imide groups is 1. The zero-order valence-electron chi connectivity index (χ0n) is 13.8. The minimum absolute atomic E-state index is 0.0177. The average molecular weight is 317 g/mol. The predicted molar refractivity (Wildman–Crippen MR) is 88.9 cm³/mol. The maximum atomic E-state index is 12.1. The fourth-order valence-corrected chi connectivity index (χ4v) is 2.56. The number of rotatable bonds is 6. The first-order chi connectivity index (χ1) is 10.9. The summed E-state index contributed by atoms with van der Waals surface area (Å²) in [5.41, 5.74) is 1.46. The monoisotopic (exact) mass is 317 g/mol. The van der Waals surface area contributed by atoms with Gasteiger partial charge in [-0.15, -0.1) is 0 Å². The van der Waals surface area contributed by atoms with E-state index < -0.39 is 6.04 Å². The maximum absolute atomic E-state index is 12.1. The van der Waals surface area contributed by atoms with Crippen LogP contribution in [0.4, 0.5) is 11.4 Å². The summed E-state index contributed by atoms with van der Waals surface area (Å²) in [6, 6.07) is 6.62. The van der Waals surface area contributed by atoms with Crippen molar-refractivity contribution in [1.29, 1.82) is 0 Å². The lowest BCUT2D eigenvalue weighted by atomic mass is 10.1. The number of hydrogen-bond acceptors (Lipinski definition) is 4. The number of nitrogens with one attached hydrogen (secondary N) is 2. The van der Waals surface area contributed by atoms with Gasteiger partial charge in [0.1, 0.15) is 6.04 Å². The molecule has 1 saturated heterocycles. The number of anilines is 2. The van der Waals surface area contributed by atoms with Crippen LogP contribution >= 0.6 is 0 Å². The Morgan fingerprint density at radius 1 is 1.22 bits per heavy atom. The van der Waals surface area contributed by atoms with Crippen molar-refractivity contribution in [2.45, 2.75) is 39.7 Å². The Kier molecular flexibility index (Phi) is 5.36. The number of carbonyl (C=O) groups is 3. The zero-order chi connectivity index (χ0) is 17.0. The molecule has 124 valence electrons. The first-order valence-electron chi connectivity index (χ1n) is 7.91. The molecule has 0 bridgehead atoms. The van der Waals surface area contributed by atoms with E-state index >= 15 is 0 Å². The summed E-state index contributed by atoms with van der Waals surface area (Å²) in [7, 11) is 0. The Labute approximate surface area is 136 Å². The normalized spacial score (nSPS) is 17.7. The Hall–Kier alpha value is -2.37. The third-order valence-corrected chi connectivity index (χ3v) is 3.66. The summed E-state index contributed by atoms with van der Waals surface area (Å²) in [6.07, 6.45) is 0.658. The SMILES string of the molecule is CCN1C(=O)CC(Nc2ccc(NC(=O)CC(C)C)cc2)C1=O. The molecule has 23 heavy (non-hydrogen) atoms. The third-order valence-electron chi connectivity index (χ3n) is 3.66. The molecule has 0 aromatic heterocycles. The summed E-state index contributed by atoms with van der Waals surface area (Å²) in [4.78, 5) is 36.7. The third kappa shape index (κ3) is 4.31. The van der Waals surface area contributed by atoms with Crippen LogP contribution in [0.25, 0.3) is 0 Å². The highest BCUT2D eigenvalue weighted by Gasteiger charge is 2.37. The van der Waals surface area contributed by atoms with Gasteiger partial charge in [-0.1, -0.05) is 13.8 Å². The van der Waals surface area contributed by atoms with E-state index in [-0.39, 0.29) is 24.1 Å². The van der Waals surface area contributed by atoms with Crippen LogP contribution in [-0.2, 0) is 14.4 Å². The minimum atomic E-state index is -0.510. The van der Waals surface area contributed by atoms with E-state index in [1.807, 2.05) is 13.8 Å². The number of benzene rings is 1. The summed E-state index contributed by atoms with van der Waals surface area (Å²) in [6.45, 7) is 6.17. The average Bonchev–Trinajstić information content (AvgIpc) is 2.74. The molecule has 1 aliphatic heterocycles. The molecule has 6 heteroatoms. The topological polar surface area (TPSA) is 78.5 Å². The molecular formula is C17H23N3O3. The number of likely N-dealkylation sites (N-methyl/N-ethyl adjacent to an activating group) is 1. The highest BCUT2D eigenvalue weighted by atomic mass is 16.2. The van der Waals surface area contributed by atoms with Gasteiger partial charge in [-0.2, -0.15) is 0 Å². The van der Waals surface area contributed by atoms with Crippen molar-refractivity contribution in [3.63, 3.8) is 0 Å². The molecule has 1 aromatic rings. The predicted octanol–water partition coefficient (Wildman–Crippen LogP) is 2.23. The van der Waals surface area contributed by atoms with Crippen molar-refractivity contribution in [2.24, 2.45) is 5.92 Å². The van der Waals surface area contributed by atoms with E-state index in [4.69, 9.17) is 0 Å². The van der Waals surface area contributed by atoms with Crippen molar-refractivity contribution < 1.29 is 14.4 Å². The summed E-state index contributed by atoms with van der Waals surface area (Å²) in [5, 5.41) is 5.90. The second-order valence-corrected chi connectivity index (χ2v) is 6.10. The van der Waals surface area contributed by atoms with Gasteiger partial charge in [-0.05, 0) is 37.1 Å². The molecule has 6 nitrogen and oxygen atoms in total. The Morgan fingerprint density at radius 2 is 1.83 bits per heavy atom. The molecule has 1 atom stereocenters. The molecule has 1 aromatic carbocycles. The fourth-order valence-electron chi connectivity index (χ4n) is 2.56. The highest BCUT2D eigenvalue weighted by molar-refractivity contribution is 6.06. The smallest absolute Gasteiger partial charge is 0.252 e. The van der Waals surface area contributed by atoms with Gasteiger partial charge >= 0.3 is 0 Å². The van der Waals surface area contributed by atoms with E-state index in [1.165, 1.54) is 4.90 Å². The number of carbonyl (C=O) groups excluding carboxylic acids is 3. The second-order valence-electron chi connectivity index (χ2n) is 6.10. The van der Waals surface area contributed by atoms with Gasteiger partial charge in [-0.3, -0.25) is 19.3 Å². The van der Waals surface area contributed by atoms with Gasteiger partial charge < -0.3 is 10.6 Å². The first kappa shape index (κ1) is 17.0. The number of amides is 3. The molecule has 0 spiro atoms. The zero-order valence-corrected chi connectivity index (χ0v) is 13.8. The van der Waals surface area contributed by atoms with E-state index in [2.05, 4.69) is 10.6 Å². The maximum Gasteiger partial charge on any atom is 0.252 e. The molecule has 3 amide bonds. The van der Waals surface area contributed by atoms with Gasteiger partial charge in [0.05, 0.1) is 6.42 Å². The summed E-state index contributed by atoms with van der Waals surface area (Å²) in [5.74, 6) is -0.0430. The lowest BCUT2D eigenvalue weighted by molar-refractivity contribution is -0.138. The molecule has 0 saturated carbocycles. The van der Waals surface area contributed by atoms with Gasteiger partial charge in [-0.25, -0.2) is 0 Å². The van der Waals surface area contributed by atoms with Crippen molar-refractivity contribution in [3.05, 3.63) is 24.3 Å². The van der Waals surface area contributed by atoms with Gasteiger partial charge in [0.15, 0.2) is 0 Å². The molecule has 2 rings (SSSR count). The highest BCUT2D eigenvalue weighted by Crippen LogP contribution is 2.20. The molecule has 0 radical (unpaired) electrons.